The number of hydrogen-bond acceptors (Lipinski definition) is 7. The van der Waals surface area contributed by atoms with Gasteiger partial charge in [0.1, 0.15) is 16.2 Å². The summed E-state index contributed by atoms with van der Waals surface area (Å²) in [4.78, 5) is 24.1. The van der Waals surface area contributed by atoms with Crippen molar-refractivity contribution in [2.24, 2.45) is 0 Å². The fourth-order valence-corrected chi connectivity index (χ4v) is 8.01. The fraction of sp³-hybridized carbons (Fsp3) is 0.409. The van der Waals surface area contributed by atoms with Gasteiger partial charge in [0.15, 0.2) is 0 Å². The Morgan fingerprint density at radius 1 is 1.12 bits per heavy atom. The number of sulfonamides is 1. The summed E-state index contributed by atoms with van der Waals surface area (Å²) in [6, 6.07) is 6.51. The number of thiophene rings is 1. The molecule has 5 rings (SSSR count). The minimum atomic E-state index is -3.54. The highest BCUT2D eigenvalue weighted by molar-refractivity contribution is 8.00. The minimum Gasteiger partial charge on any atom is -0.325 e. The minimum absolute atomic E-state index is 0.193. The van der Waals surface area contributed by atoms with Crippen molar-refractivity contribution in [3.8, 4) is 0 Å². The van der Waals surface area contributed by atoms with Crippen LogP contribution in [0.4, 0.5) is 5.69 Å². The Labute approximate surface area is 195 Å². The summed E-state index contributed by atoms with van der Waals surface area (Å²) in [5.41, 5.74) is 1.82. The Morgan fingerprint density at radius 2 is 1.97 bits per heavy atom. The molecule has 1 aliphatic carbocycles. The molecular formula is C22H24N4O3S3. The van der Waals surface area contributed by atoms with E-state index >= 15 is 0 Å². The van der Waals surface area contributed by atoms with Crippen LogP contribution in [0.15, 0.2) is 40.5 Å². The van der Waals surface area contributed by atoms with E-state index in [1.54, 1.807) is 41.9 Å². The molecule has 3 aromatic rings. The van der Waals surface area contributed by atoms with Crippen molar-refractivity contribution in [2.75, 3.05) is 24.2 Å². The lowest BCUT2D eigenvalue weighted by Gasteiger charge is -2.26. The van der Waals surface area contributed by atoms with Gasteiger partial charge < -0.3 is 5.32 Å². The van der Waals surface area contributed by atoms with Crippen molar-refractivity contribution >= 4 is 54.9 Å². The lowest BCUT2D eigenvalue weighted by molar-refractivity contribution is -0.113. The zero-order chi connectivity index (χ0) is 22.1. The topological polar surface area (TPSA) is 92.3 Å². The average molecular weight is 489 g/mol. The lowest BCUT2D eigenvalue weighted by atomic mass is 10.2. The van der Waals surface area contributed by atoms with Crippen LogP contribution in [0.2, 0.25) is 0 Å². The molecule has 7 nitrogen and oxygen atoms in total. The molecule has 32 heavy (non-hydrogen) atoms. The van der Waals surface area contributed by atoms with E-state index in [9.17, 15) is 13.2 Å². The highest BCUT2D eigenvalue weighted by Crippen LogP contribution is 2.40. The first kappa shape index (κ1) is 21.8. The molecule has 0 bridgehead atoms. The first-order valence-corrected chi connectivity index (χ1v) is 14.0. The number of hydrogen-bond donors (Lipinski definition) is 1. The van der Waals surface area contributed by atoms with Crippen LogP contribution in [0.25, 0.3) is 10.2 Å². The van der Waals surface area contributed by atoms with Crippen LogP contribution in [0.5, 0.6) is 0 Å². The molecule has 2 aromatic heterocycles. The first-order chi connectivity index (χ1) is 15.5. The molecule has 0 radical (unpaired) electrons. The van der Waals surface area contributed by atoms with Gasteiger partial charge in [0.25, 0.3) is 0 Å². The number of fused-ring (bicyclic) bond motifs is 3. The summed E-state index contributed by atoms with van der Waals surface area (Å²) >= 11 is 3.12. The second kappa shape index (κ2) is 9.09. The van der Waals surface area contributed by atoms with Crippen LogP contribution in [0.1, 0.15) is 36.1 Å². The van der Waals surface area contributed by atoms with Gasteiger partial charge in [0.2, 0.25) is 15.9 Å². The van der Waals surface area contributed by atoms with Crippen LogP contribution < -0.4 is 5.32 Å². The van der Waals surface area contributed by atoms with Gasteiger partial charge in [-0.3, -0.25) is 4.79 Å². The van der Waals surface area contributed by atoms with Crippen molar-refractivity contribution in [1.82, 2.24) is 14.3 Å². The van der Waals surface area contributed by atoms with Gasteiger partial charge in [-0.15, -0.1) is 11.3 Å². The van der Waals surface area contributed by atoms with Crippen LogP contribution in [-0.2, 0) is 27.7 Å². The SMILES string of the molecule is O=C(CSc1ncnc2sc3c(c12)CCC3)Nc1cccc(S(=O)(=O)N2CCCCC2)c1. The molecule has 2 aliphatic rings. The lowest BCUT2D eigenvalue weighted by Crippen LogP contribution is -2.35. The Kier molecular flexibility index (Phi) is 6.20. The number of piperidine rings is 1. The van der Waals surface area contributed by atoms with E-state index in [0.717, 1.165) is 53.8 Å². The highest BCUT2D eigenvalue weighted by atomic mass is 32.2. The molecule has 10 heteroatoms. The number of benzene rings is 1. The molecular weight excluding hydrogens is 464 g/mol. The summed E-state index contributed by atoms with van der Waals surface area (Å²) < 4.78 is 27.4. The molecule has 1 aliphatic heterocycles. The number of aryl methyl sites for hydroxylation is 2. The van der Waals surface area contributed by atoms with Gasteiger partial charge in [-0.1, -0.05) is 24.2 Å². The smallest absolute Gasteiger partial charge is 0.243 e. The first-order valence-electron chi connectivity index (χ1n) is 10.8. The average Bonchev–Trinajstić information content (AvgIpc) is 3.40. The van der Waals surface area contributed by atoms with Gasteiger partial charge in [0, 0.05) is 29.0 Å². The Bertz CT molecular complexity index is 1270. The predicted molar refractivity (Wildman–Crippen MR) is 128 cm³/mol. The van der Waals surface area contributed by atoms with Gasteiger partial charge in [0.05, 0.1) is 10.6 Å². The van der Waals surface area contributed by atoms with Gasteiger partial charge in [-0.05, 0) is 55.9 Å². The number of aromatic nitrogens is 2. The fourth-order valence-electron chi connectivity index (χ4n) is 4.33. The van der Waals surface area contributed by atoms with E-state index in [2.05, 4.69) is 15.3 Å². The van der Waals surface area contributed by atoms with Gasteiger partial charge in [-0.25, -0.2) is 18.4 Å². The molecule has 1 N–H and O–H groups in total. The standard InChI is InChI=1S/C22H24N4O3S3/c27-19(13-30-21-20-17-8-5-9-18(17)31-22(20)24-14-23-21)25-15-6-4-7-16(12-15)32(28,29)26-10-2-1-3-11-26/h4,6-7,12,14H,1-3,5,8-11,13H2,(H,25,27). The van der Waals surface area contributed by atoms with Crippen LogP contribution in [0.3, 0.4) is 0 Å². The third kappa shape index (κ3) is 4.28. The van der Waals surface area contributed by atoms with Crippen molar-refractivity contribution in [2.45, 2.75) is 48.4 Å². The van der Waals surface area contributed by atoms with Crippen molar-refractivity contribution in [3.05, 3.63) is 41.0 Å². The van der Waals surface area contributed by atoms with Crippen molar-refractivity contribution in [3.63, 3.8) is 0 Å². The number of carbonyl (C=O) groups is 1. The zero-order valence-corrected chi connectivity index (χ0v) is 20.0. The Morgan fingerprint density at radius 3 is 2.81 bits per heavy atom. The van der Waals surface area contributed by atoms with Gasteiger partial charge in [-0.2, -0.15) is 4.31 Å². The largest absolute Gasteiger partial charge is 0.325 e. The Hall–Kier alpha value is -2.01. The zero-order valence-electron chi connectivity index (χ0n) is 17.5. The van der Waals surface area contributed by atoms with E-state index in [0.29, 0.717) is 18.8 Å². The second-order valence-corrected chi connectivity index (χ2v) is 12.0. The number of amides is 1. The van der Waals surface area contributed by atoms with Gasteiger partial charge >= 0.3 is 0 Å². The van der Waals surface area contributed by atoms with E-state index in [4.69, 9.17) is 0 Å². The summed E-state index contributed by atoms with van der Waals surface area (Å²) in [5, 5.41) is 4.77. The van der Waals surface area contributed by atoms with E-state index in [-0.39, 0.29) is 16.6 Å². The second-order valence-electron chi connectivity index (χ2n) is 8.05. The van der Waals surface area contributed by atoms with Crippen molar-refractivity contribution in [1.29, 1.82) is 0 Å². The van der Waals surface area contributed by atoms with E-state index in [1.165, 1.54) is 26.5 Å². The quantitative estimate of drug-likeness (QED) is 0.415. The summed E-state index contributed by atoms with van der Waals surface area (Å²) in [5.74, 6) is 0.000909. The normalized spacial score (nSPS) is 16.9. The van der Waals surface area contributed by atoms with Crippen molar-refractivity contribution < 1.29 is 13.2 Å². The summed E-state index contributed by atoms with van der Waals surface area (Å²) in [7, 11) is -3.54. The van der Waals surface area contributed by atoms with Crippen LogP contribution in [-0.4, -0.2) is 47.4 Å². The monoisotopic (exact) mass is 488 g/mol. The number of nitrogens with zero attached hydrogens (tertiary/aromatic N) is 3. The van der Waals surface area contributed by atoms with Crippen LogP contribution >= 0.6 is 23.1 Å². The number of rotatable bonds is 6. The molecule has 1 aromatic carbocycles. The number of carbonyl (C=O) groups excluding carboxylic acids is 1. The predicted octanol–water partition coefficient (Wildman–Crippen LogP) is 4.09. The van der Waals surface area contributed by atoms with Crippen LogP contribution in [0, 0.1) is 0 Å². The molecule has 168 valence electrons. The number of thioether (sulfide) groups is 1. The maximum absolute atomic E-state index is 12.9. The van der Waals surface area contributed by atoms with E-state index < -0.39 is 10.0 Å². The molecule has 3 heterocycles. The summed E-state index contributed by atoms with van der Waals surface area (Å²) in [6.45, 7) is 1.10. The number of anilines is 1. The molecule has 0 saturated carbocycles. The summed E-state index contributed by atoms with van der Waals surface area (Å²) in [6.07, 6.45) is 7.69. The maximum Gasteiger partial charge on any atom is 0.243 e. The molecule has 1 saturated heterocycles. The Balaban J connectivity index is 1.27. The molecule has 0 spiro atoms. The highest BCUT2D eigenvalue weighted by Gasteiger charge is 2.26. The molecule has 0 unspecified atom stereocenters. The maximum atomic E-state index is 12.9. The molecule has 0 atom stereocenters. The third-order valence-electron chi connectivity index (χ3n) is 5.88. The molecule has 1 amide bonds. The van der Waals surface area contributed by atoms with E-state index in [1.807, 2.05) is 0 Å². The number of nitrogens with one attached hydrogen (secondary N) is 1. The third-order valence-corrected chi connectivity index (χ3v) is 9.96. The molecule has 1 fully saturated rings.